The van der Waals surface area contributed by atoms with E-state index in [1.54, 1.807) is 0 Å². The highest BCUT2D eigenvalue weighted by Crippen LogP contribution is 2.33. The molecule has 0 saturated heterocycles. The number of rotatable bonds is 4. The smallest absolute Gasteiger partial charge is 0.358 e. The first-order chi connectivity index (χ1) is 9.40. The Balaban J connectivity index is 2.56. The average molecular weight is 274 g/mol. The van der Waals surface area contributed by atoms with Gasteiger partial charge in [0, 0.05) is 31.4 Å². The number of carboxylic acid groups (broad SMARTS) is 1. The number of anilines is 1. The summed E-state index contributed by atoms with van der Waals surface area (Å²) in [5.41, 5.74) is 2.89. The molecule has 1 aromatic heterocycles. The van der Waals surface area contributed by atoms with Crippen molar-refractivity contribution in [3.8, 4) is 11.3 Å². The first-order valence-corrected chi connectivity index (χ1v) is 6.41. The van der Waals surface area contributed by atoms with Crippen molar-refractivity contribution < 1.29 is 14.4 Å². The first kappa shape index (κ1) is 14.1. The standard InChI is InChI=1S/C15H18N2O3/c1-9(2)10-5-6-13(17(3)4)11(7-10)14-8-12(15(18)19)16-20-14/h5-9H,1-4H3,(H,18,19). The van der Waals surface area contributed by atoms with Crippen LogP contribution in [0.1, 0.15) is 35.8 Å². The molecular formula is C15H18N2O3. The van der Waals surface area contributed by atoms with Gasteiger partial charge in [0.15, 0.2) is 11.5 Å². The molecule has 1 aromatic carbocycles. The quantitative estimate of drug-likeness (QED) is 0.927. The third kappa shape index (κ3) is 2.66. The summed E-state index contributed by atoms with van der Waals surface area (Å²) in [7, 11) is 3.87. The summed E-state index contributed by atoms with van der Waals surface area (Å²) in [5, 5.41) is 12.5. The van der Waals surface area contributed by atoms with E-state index in [9.17, 15) is 4.79 Å². The van der Waals surface area contributed by atoms with E-state index in [0.29, 0.717) is 11.7 Å². The van der Waals surface area contributed by atoms with Crippen LogP contribution >= 0.6 is 0 Å². The zero-order valence-electron chi connectivity index (χ0n) is 12.0. The van der Waals surface area contributed by atoms with Crippen LogP contribution in [0.3, 0.4) is 0 Å². The molecule has 0 radical (unpaired) electrons. The summed E-state index contributed by atoms with van der Waals surface area (Å²) >= 11 is 0. The predicted molar refractivity (Wildman–Crippen MR) is 77.3 cm³/mol. The molecule has 0 fully saturated rings. The number of aromatic nitrogens is 1. The maximum Gasteiger partial charge on any atom is 0.358 e. The number of benzene rings is 1. The number of carbonyl (C=O) groups is 1. The Bertz CT molecular complexity index is 630. The van der Waals surface area contributed by atoms with Crippen LogP contribution in [0.25, 0.3) is 11.3 Å². The summed E-state index contributed by atoms with van der Waals surface area (Å²) in [5.74, 6) is -0.244. The van der Waals surface area contributed by atoms with E-state index >= 15 is 0 Å². The van der Waals surface area contributed by atoms with Crippen LogP contribution in [0, 0.1) is 0 Å². The fraction of sp³-hybridized carbons (Fsp3) is 0.333. The normalized spacial score (nSPS) is 10.8. The molecule has 0 aliphatic heterocycles. The highest BCUT2D eigenvalue weighted by Gasteiger charge is 2.17. The summed E-state index contributed by atoms with van der Waals surface area (Å²) in [6.07, 6.45) is 0. The number of aromatic carboxylic acids is 1. The van der Waals surface area contributed by atoms with E-state index in [-0.39, 0.29) is 5.69 Å². The number of carboxylic acids is 1. The molecule has 1 heterocycles. The molecule has 0 atom stereocenters. The van der Waals surface area contributed by atoms with Crippen LogP contribution in [0.15, 0.2) is 28.8 Å². The van der Waals surface area contributed by atoms with Gasteiger partial charge in [-0.15, -0.1) is 0 Å². The van der Waals surface area contributed by atoms with Crippen molar-refractivity contribution in [1.29, 1.82) is 0 Å². The van der Waals surface area contributed by atoms with Gasteiger partial charge in [0.25, 0.3) is 0 Å². The minimum absolute atomic E-state index is 0.0837. The van der Waals surface area contributed by atoms with Crippen molar-refractivity contribution in [1.82, 2.24) is 5.16 Å². The molecule has 1 N–H and O–H groups in total. The fourth-order valence-electron chi connectivity index (χ4n) is 2.00. The molecule has 5 nitrogen and oxygen atoms in total. The van der Waals surface area contributed by atoms with Gasteiger partial charge in [-0.3, -0.25) is 0 Å². The van der Waals surface area contributed by atoms with Crippen LogP contribution in [0.4, 0.5) is 5.69 Å². The molecule has 0 bridgehead atoms. The lowest BCUT2D eigenvalue weighted by atomic mass is 9.98. The maximum atomic E-state index is 10.9. The van der Waals surface area contributed by atoms with Crippen LogP contribution in [-0.2, 0) is 0 Å². The second kappa shape index (κ2) is 5.36. The van der Waals surface area contributed by atoms with Gasteiger partial charge in [-0.05, 0) is 23.6 Å². The molecule has 106 valence electrons. The molecule has 2 rings (SSSR count). The minimum Gasteiger partial charge on any atom is -0.476 e. The van der Waals surface area contributed by atoms with Gasteiger partial charge in [0.05, 0.1) is 0 Å². The van der Waals surface area contributed by atoms with Crippen LogP contribution in [0.5, 0.6) is 0 Å². The monoisotopic (exact) mass is 274 g/mol. The molecule has 20 heavy (non-hydrogen) atoms. The highest BCUT2D eigenvalue weighted by molar-refractivity contribution is 5.87. The average Bonchev–Trinajstić information content (AvgIpc) is 2.87. The molecule has 0 saturated carbocycles. The van der Waals surface area contributed by atoms with Crippen molar-refractivity contribution in [2.45, 2.75) is 19.8 Å². The van der Waals surface area contributed by atoms with Gasteiger partial charge in [0.1, 0.15) is 0 Å². The zero-order valence-corrected chi connectivity index (χ0v) is 12.0. The second-order valence-corrected chi connectivity index (χ2v) is 5.21. The van der Waals surface area contributed by atoms with E-state index < -0.39 is 5.97 Å². The van der Waals surface area contributed by atoms with Crippen molar-refractivity contribution in [2.24, 2.45) is 0 Å². The lowest BCUT2D eigenvalue weighted by Crippen LogP contribution is -2.10. The van der Waals surface area contributed by atoms with Gasteiger partial charge < -0.3 is 14.5 Å². The number of hydrogen-bond acceptors (Lipinski definition) is 4. The lowest BCUT2D eigenvalue weighted by molar-refractivity contribution is 0.0686. The Morgan fingerprint density at radius 2 is 2.00 bits per heavy atom. The Morgan fingerprint density at radius 1 is 1.30 bits per heavy atom. The number of nitrogens with zero attached hydrogens (tertiary/aromatic N) is 2. The van der Waals surface area contributed by atoms with E-state index in [1.165, 1.54) is 11.6 Å². The summed E-state index contributed by atoms with van der Waals surface area (Å²) in [6, 6.07) is 7.55. The predicted octanol–water partition coefficient (Wildman–Crippen LogP) is 3.23. The van der Waals surface area contributed by atoms with Gasteiger partial charge in [-0.2, -0.15) is 0 Å². The fourth-order valence-corrected chi connectivity index (χ4v) is 2.00. The molecule has 0 amide bonds. The van der Waals surface area contributed by atoms with Gasteiger partial charge in [0.2, 0.25) is 0 Å². The van der Waals surface area contributed by atoms with Crippen LogP contribution in [0.2, 0.25) is 0 Å². The van der Waals surface area contributed by atoms with Crippen molar-refractivity contribution in [3.63, 3.8) is 0 Å². The SMILES string of the molecule is CC(C)c1ccc(N(C)C)c(-c2cc(C(=O)O)no2)c1. The minimum atomic E-state index is -1.09. The van der Waals surface area contributed by atoms with E-state index in [1.807, 2.05) is 31.1 Å². The van der Waals surface area contributed by atoms with E-state index in [0.717, 1.165) is 11.3 Å². The maximum absolute atomic E-state index is 10.9. The molecular weight excluding hydrogens is 256 g/mol. The van der Waals surface area contributed by atoms with Gasteiger partial charge in [-0.1, -0.05) is 25.1 Å². The Morgan fingerprint density at radius 3 is 2.50 bits per heavy atom. The highest BCUT2D eigenvalue weighted by atomic mass is 16.5. The summed E-state index contributed by atoms with van der Waals surface area (Å²) in [6.45, 7) is 4.22. The topological polar surface area (TPSA) is 66.6 Å². The molecule has 2 aromatic rings. The Labute approximate surface area is 117 Å². The lowest BCUT2D eigenvalue weighted by Gasteiger charge is -2.18. The van der Waals surface area contributed by atoms with Crippen LogP contribution < -0.4 is 4.90 Å². The van der Waals surface area contributed by atoms with Gasteiger partial charge in [-0.25, -0.2) is 4.79 Å². The summed E-state index contributed by atoms with van der Waals surface area (Å²) < 4.78 is 5.18. The number of hydrogen-bond donors (Lipinski definition) is 1. The van der Waals surface area contributed by atoms with E-state index in [2.05, 4.69) is 25.1 Å². The van der Waals surface area contributed by atoms with Crippen molar-refractivity contribution in [3.05, 3.63) is 35.5 Å². The third-order valence-electron chi connectivity index (χ3n) is 3.16. The second-order valence-electron chi connectivity index (χ2n) is 5.21. The Kier molecular flexibility index (Phi) is 3.79. The third-order valence-corrected chi connectivity index (χ3v) is 3.16. The van der Waals surface area contributed by atoms with Gasteiger partial charge >= 0.3 is 5.97 Å². The molecule has 5 heteroatoms. The van der Waals surface area contributed by atoms with Crippen molar-refractivity contribution in [2.75, 3.05) is 19.0 Å². The Hall–Kier alpha value is -2.30. The molecule has 0 aliphatic rings. The molecule has 0 aliphatic carbocycles. The molecule has 0 spiro atoms. The first-order valence-electron chi connectivity index (χ1n) is 6.41. The summed E-state index contributed by atoms with van der Waals surface area (Å²) in [4.78, 5) is 12.9. The molecule has 0 unspecified atom stereocenters. The van der Waals surface area contributed by atoms with Crippen molar-refractivity contribution >= 4 is 11.7 Å². The van der Waals surface area contributed by atoms with Crippen LogP contribution in [-0.4, -0.2) is 30.3 Å². The zero-order chi connectivity index (χ0) is 14.9. The largest absolute Gasteiger partial charge is 0.476 e. The van der Waals surface area contributed by atoms with E-state index in [4.69, 9.17) is 9.63 Å².